The molecule has 1 aliphatic carbocycles. The highest BCUT2D eigenvalue weighted by atomic mass is 35.5. The lowest BCUT2D eigenvalue weighted by Crippen LogP contribution is -2.28. The van der Waals surface area contributed by atoms with Gasteiger partial charge in [0.1, 0.15) is 6.10 Å². The number of alkyl halides is 1. The van der Waals surface area contributed by atoms with E-state index >= 15 is 0 Å². The predicted octanol–water partition coefficient (Wildman–Crippen LogP) is 3.17. The summed E-state index contributed by atoms with van der Waals surface area (Å²) >= 11 is 5.65. The van der Waals surface area contributed by atoms with Crippen LogP contribution >= 0.6 is 11.6 Å². The highest BCUT2D eigenvalue weighted by Crippen LogP contribution is 2.27. The van der Waals surface area contributed by atoms with E-state index in [0.717, 1.165) is 12.1 Å². The zero-order valence-corrected chi connectivity index (χ0v) is 10.3. The molecule has 2 atom stereocenters. The molecule has 2 rings (SSSR count). The molecule has 88 valence electrons. The lowest BCUT2D eigenvalue weighted by molar-refractivity contribution is 0.0964. The number of nitrogens with zero attached hydrogens (tertiary/aromatic N) is 2. The minimum absolute atomic E-state index is 0.296. The Bertz CT molecular complexity index is 328. The smallest absolute Gasteiger partial charge is 0.233 e. The summed E-state index contributed by atoms with van der Waals surface area (Å²) in [5, 5.41) is 8.00. The van der Waals surface area contributed by atoms with E-state index in [-0.39, 0.29) is 0 Å². The molecule has 1 aromatic rings. The van der Waals surface area contributed by atoms with Gasteiger partial charge >= 0.3 is 0 Å². The lowest BCUT2D eigenvalue weighted by Gasteiger charge is -2.28. The minimum Gasteiger partial charge on any atom is -0.473 e. The number of rotatable bonds is 3. The molecule has 0 saturated heterocycles. The van der Waals surface area contributed by atoms with Gasteiger partial charge in [0.15, 0.2) is 0 Å². The first kappa shape index (κ1) is 11.6. The second-order valence-electron chi connectivity index (χ2n) is 4.41. The summed E-state index contributed by atoms with van der Waals surface area (Å²) in [5.74, 6) is 1.63. The lowest BCUT2D eigenvalue weighted by atomic mass is 9.88. The fraction of sp³-hybridized carbons (Fsp3) is 0.667. The van der Waals surface area contributed by atoms with Crippen LogP contribution in [-0.2, 0) is 5.88 Å². The molecule has 0 spiro atoms. The van der Waals surface area contributed by atoms with Crippen molar-refractivity contribution >= 4 is 11.6 Å². The van der Waals surface area contributed by atoms with Gasteiger partial charge in [-0.15, -0.1) is 16.7 Å². The molecule has 0 aliphatic heterocycles. The van der Waals surface area contributed by atoms with Crippen LogP contribution in [-0.4, -0.2) is 16.3 Å². The fourth-order valence-electron chi connectivity index (χ4n) is 2.09. The molecule has 1 aliphatic rings. The van der Waals surface area contributed by atoms with Gasteiger partial charge in [0.25, 0.3) is 0 Å². The fourth-order valence-corrected chi connectivity index (χ4v) is 2.24. The van der Waals surface area contributed by atoms with E-state index in [2.05, 4.69) is 17.1 Å². The first-order chi connectivity index (χ1) is 7.79. The van der Waals surface area contributed by atoms with Gasteiger partial charge in [-0.25, -0.2) is 0 Å². The van der Waals surface area contributed by atoms with Gasteiger partial charge in [0.2, 0.25) is 5.88 Å². The van der Waals surface area contributed by atoms with Gasteiger partial charge in [-0.2, -0.15) is 5.10 Å². The van der Waals surface area contributed by atoms with Crippen LogP contribution in [0.25, 0.3) is 0 Å². The molecule has 0 radical (unpaired) electrons. The van der Waals surface area contributed by atoms with Crippen molar-refractivity contribution in [3.63, 3.8) is 0 Å². The van der Waals surface area contributed by atoms with Crippen molar-refractivity contribution in [2.24, 2.45) is 5.92 Å². The van der Waals surface area contributed by atoms with E-state index in [1.54, 1.807) is 0 Å². The third kappa shape index (κ3) is 2.85. The SMILES string of the molecule is CC1CCCCC1Oc1ccc(CCl)nn1. The molecule has 0 N–H and O–H groups in total. The van der Waals surface area contributed by atoms with Gasteiger partial charge in [0, 0.05) is 6.07 Å². The van der Waals surface area contributed by atoms with Crippen molar-refractivity contribution in [2.75, 3.05) is 0 Å². The molecule has 3 nitrogen and oxygen atoms in total. The van der Waals surface area contributed by atoms with Crippen molar-refractivity contribution in [3.8, 4) is 5.88 Å². The van der Waals surface area contributed by atoms with Crippen LogP contribution in [0.5, 0.6) is 5.88 Å². The van der Waals surface area contributed by atoms with Crippen LogP contribution in [0.1, 0.15) is 38.3 Å². The van der Waals surface area contributed by atoms with Gasteiger partial charge in [0.05, 0.1) is 11.6 Å². The molecule has 1 saturated carbocycles. The van der Waals surface area contributed by atoms with Crippen molar-refractivity contribution < 1.29 is 4.74 Å². The van der Waals surface area contributed by atoms with Gasteiger partial charge < -0.3 is 4.74 Å². The molecule has 2 unspecified atom stereocenters. The summed E-state index contributed by atoms with van der Waals surface area (Å²) in [6.45, 7) is 2.24. The van der Waals surface area contributed by atoms with E-state index in [4.69, 9.17) is 16.3 Å². The molecule has 0 amide bonds. The molecule has 4 heteroatoms. The summed E-state index contributed by atoms with van der Waals surface area (Å²) < 4.78 is 5.85. The first-order valence-corrected chi connectivity index (χ1v) is 6.38. The zero-order valence-electron chi connectivity index (χ0n) is 9.53. The maximum Gasteiger partial charge on any atom is 0.233 e. The topological polar surface area (TPSA) is 35.0 Å². The van der Waals surface area contributed by atoms with Crippen LogP contribution < -0.4 is 4.74 Å². The maximum atomic E-state index is 5.85. The van der Waals surface area contributed by atoms with Gasteiger partial charge in [-0.1, -0.05) is 13.3 Å². The summed E-state index contributed by atoms with van der Waals surface area (Å²) in [4.78, 5) is 0. The van der Waals surface area contributed by atoms with Crippen molar-refractivity contribution in [1.82, 2.24) is 10.2 Å². The summed E-state index contributed by atoms with van der Waals surface area (Å²) in [6.07, 6.45) is 5.24. The van der Waals surface area contributed by atoms with Gasteiger partial charge in [-0.05, 0) is 31.2 Å². The predicted molar refractivity (Wildman–Crippen MR) is 63.6 cm³/mol. The normalized spacial score (nSPS) is 25.4. The number of halogens is 1. The second-order valence-corrected chi connectivity index (χ2v) is 4.68. The molecule has 0 aromatic carbocycles. The summed E-state index contributed by atoms with van der Waals surface area (Å²) in [7, 11) is 0. The Hall–Kier alpha value is -0.830. The highest BCUT2D eigenvalue weighted by Gasteiger charge is 2.23. The first-order valence-electron chi connectivity index (χ1n) is 5.85. The summed E-state index contributed by atoms with van der Waals surface area (Å²) in [5.41, 5.74) is 0.783. The Balaban J connectivity index is 1.96. The molecular weight excluding hydrogens is 224 g/mol. The van der Waals surface area contributed by atoms with Crippen LogP contribution in [0.15, 0.2) is 12.1 Å². The third-order valence-corrected chi connectivity index (χ3v) is 3.41. The van der Waals surface area contributed by atoms with Crippen LogP contribution in [0.4, 0.5) is 0 Å². The monoisotopic (exact) mass is 240 g/mol. The Morgan fingerprint density at radius 1 is 1.31 bits per heavy atom. The van der Waals surface area contributed by atoms with Crippen LogP contribution in [0.2, 0.25) is 0 Å². The minimum atomic E-state index is 0.296. The number of hydrogen-bond acceptors (Lipinski definition) is 3. The van der Waals surface area contributed by atoms with Crippen molar-refractivity contribution in [2.45, 2.75) is 44.6 Å². The van der Waals surface area contributed by atoms with E-state index in [0.29, 0.717) is 23.8 Å². The van der Waals surface area contributed by atoms with Crippen molar-refractivity contribution in [1.29, 1.82) is 0 Å². The molecule has 16 heavy (non-hydrogen) atoms. The Kier molecular flexibility index (Phi) is 3.99. The largest absolute Gasteiger partial charge is 0.473 e. The Morgan fingerprint density at radius 2 is 2.12 bits per heavy atom. The van der Waals surface area contributed by atoms with Gasteiger partial charge in [-0.3, -0.25) is 0 Å². The second kappa shape index (κ2) is 5.48. The number of hydrogen-bond donors (Lipinski definition) is 0. The molecule has 1 heterocycles. The standard InChI is InChI=1S/C12H17ClN2O/c1-9-4-2-3-5-11(9)16-12-7-6-10(8-13)14-15-12/h6-7,9,11H,2-5,8H2,1H3. The molecule has 1 aromatic heterocycles. The molecule has 1 fully saturated rings. The number of aromatic nitrogens is 2. The Morgan fingerprint density at radius 3 is 2.75 bits per heavy atom. The molecule has 0 bridgehead atoms. The quantitative estimate of drug-likeness (QED) is 0.762. The van der Waals surface area contributed by atoms with Crippen LogP contribution in [0.3, 0.4) is 0 Å². The van der Waals surface area contributed by atoms with E-state index < -0.39 is 0 Å². The third-order valence-electron chi connectivity index (χ3n) is 3.14. The summed E-state index contributed by atoms with van der Waals surface area (Å²) in [6, 6.07) is 3.72. The number of ether oxygens (including phenoxy) is 1. The highest BCUT2D eigenvalue weighted by molar-refractivity contribution is 6.16. The maximum absolute atomic E-state index is 5.85. The molecular formula is C12H17ClN2O. The zero-order chi connectivity index (χ0) is 11.4. The average molecular weight is 241 g/mol. The van der Waals surface area contributed by atoms with E-state index in [9.17, 15) is 0 Å². The van der Waals surface area contributed by atoms with Crippen LogP contribution in [0, 0.1) is 5.92 Å². The van der Waals surface area contributed by atoms with Crippen molar-refractivity contribution in [3.05, 3.63) is 17.8 Å². The average Bonchev–Trinajstić information content (AvgIpc) is 2.33. The Labute approximate surface area is 101 Å². The van der Waals surface area contributed by atoms with E-state index in [1.165, 1.54) is 19.3 Å². The van der Waals surface area contributed by atoms with E-state index in [1.807, 2.05) is 12.1 Å².